The van der Waals surface area contributed by atoms with Crippen molar-refractivity contribution >= 4 is 33.8 Å². The first-order valence-electron chi connectivity index (χ1n) is 5.56. The summed E-state index contributed by atoms with van der Waals surface area (Å²) in [5.41, 5.74) is 7.01. The van der Waals surface area contributed by atoms with Gasteiger partial charge < -0.3 is 5.73 Å². The summed E-state index contributed by atoms with van der Waals surface area (Å²) in [6.07, 6.45) is 1.21. The van der Waals surface area contributed by atoms with Crippen LogP contribution in [0.15, 0.2) is 40.0 Å². The van der Waals surface area contributed by atoms with Gasteiger partial charge in [0.05, 0.1) is 10.6 Å². The van der Waals surface area contributed by atoms with E-state index in [1.807, 2.05) is 0 Å². The molecule has 0 radical (unpaired) electrons. The number of nitrogens with zero attached hydrogens (tertiary/aromatic N) is 6. The van der Waals surface area contributed by atoms with Crippen LogP contribution in [-0.4, -0.2) is 30.1 Å². The van der Waals surface area contributed by atoms with Crippen LogP contribution in [0, 0.1) is 10.1 Å². The summed E-state index contributed by atoms with van der Waals surface area (Å²) >= 11 is 2.13. The summed E-state index contributed by atoms with van der Waals surface area (Å²) in [5, 5.41) is 22.5. The number of nitro groups is 1. The molecular formula is C10H7N7O2S2. The molecule has 2 N–H and O–H groups in total. The molecule has 3 rings (SSSR count). The Morgan fingerprint density at radius 1 is 1.33 bits per heavy atom. The van der Waals surface area contributed by atoms with Gasteiger partial charge in [0.15, 0.2) is 4.34 Å². The Labute approximate surface area is 126 Å². The second-order valence-electron chi connectivity index (χ2n) is 3.79. The van der Waals surface area contributed by atoms with Gasteiger partial charge in [-0.05, 0) is 57.8 Å². The molecule has 0 fully saturated rings. The normalized spacial score (nSPS) is 10.7. The Morgan fingerprint density at radius 3 is 2.76 bits per heavy atom. The molecule has 106 valence electrons. The largest absolute Gasteiger partial charge is 0.399 e. The van der Waals surface area contributed by atoms with E-state index in [-0.39, 0.29) is 5.00 Å². The molecule has 0 atom stereocenters. The fourth-order valence-electron chi connectivity index (χ4n) is 1.48. The van der Waals surface area contributed by atoms with Gasteiger partial charge in [-0.25, -0.2) is 4.98 Å². The minimum atomic E-state index is -0.481. The van der Waals surface area contributed by atoms with E-state index >= 15 is 0 Å². The molecule has 0 unspecified atom stereocenters. The number of aromatic nitrogens is 5. The SMILES string of the molecule is Nc1ccc(-n2nnnc2Sc2ncc([N+](=O)[O-])s2)cc1. The van der Waals surface area contributed by atoms with Gasteiger partial charge in [0.25, 0.3) is 0 Å². The van der Waals surface area contributed by atoms with Crippen molar-refractivity contribution in [2.75, 3.05) is 5.73 Å². The highest BCUT2D eigenvalue weighted by Gasteiger charge is 2.16. The Balaban J connectivity index is 1.88. The molecule has 2 heterocycles. The molecule has 0 bridgehead atoms. The van der Waals surface area contributed by atoms with Crippen molar-refractivity contribution in [3.05, 3.63) is 40.6 Å². The van der Waals surface area contributed by atoms with Crippen molar-refractivity contribution in [3.8, 4) is 5.69 Å². The number of tetrazole rings is 1. The standard InChI is InChI=1S/C10H7N7O2S2/c11-6-1-3-7(4-2-6)16-9(13-14-15-16)21-10-12-5-8(20-10)17(18)19/h1-5H,11H2. The topological polar surface area (TPSA) is 126 Å². The number of nitrogen functional groups attached to an aromatic ring is 1. The highest BCUT2D eigenvalue weighted by Crippen LogP contribution is 2.33. The Hall–Kier alpha value is -2.53. The molecule has 2 aromatic heterocycles. The van der Waals surface area contributed by atoms with Crippen LogP contribution >= 0.6 is 23.1 Å². The molecule has 0 spiro atoms. The highest BCUT2D eigenvalue weighted by atomic mass is 32.2. The molecule has 21 heavy (non-hydrogen) atoms. The molecule has 3 aromatic rings. The average molecular weight is 321 g/mol. The molecule has 0 saturated heterocycles. The lowest BCUT2D eigenvalue weighted by atomic mass is 10.3. The zero-order valence-electron chi connectivity index (χ0n) is 10.3. The molecular weight excluding hydrogens is 314 g/mol. The van der Waals surface area contributed by atoms with Crippen molar-refractivity contribution in [1.29, 1.82) is 0 Å². The first-order chi connectivity index (χ1) is 10.1. The summed E-state index contributed by atoms with van der Waals surface area (Å²) in [6, 6.07) is 7.03. The van der Waals surface area contributed by atoms with Crippen LogP contribution in [0.1, 0.15) is 0 Å². The van der Waals surface area contributed by atoms with E-state index in [1.165, 1.54) is 10.9 Å². The number of anilines is 1. The molecule has 0 amide bonds. The molecule has 0 saturated carbocycles. The summed E-state index contributed by atoms with van der Waals surface area (Å²) in [4.78, 5) is 14.1. The maximum Gasteiger partial charge on any atom is 0.344 e. The van der Waals surface area contributed by atoms with Crippen LogP contribution in [-0.2, 0) is 0 Å². The molecule has 9 nitrogen and oxygen atoms in total. The van der Waals surface area contributed by atoms with Crippen LogP contribution in [0.4, 0.5) is 10.7 Å². The predicted molar refractivity (Wildman–Crippen MR) is 76.5 cm³/mol. The minimum absolute atomic E-state index is 0.0241. The van der Waals surface area contributed by atoms with Gasteiger partial charge in [-0.2, -0.15) is 4.68 Å². The van der Waals surface area contributed by atoms with E-state index in [0.717, 1.165) is 28.8 Å². The van der Waals surface area contributed by atoms with E-state index < -0.39 is 4.92 Å². The second-order valence-corrected chi connectivity index (χ2v) is 6.01. The first kappa shape index (κ1) is 13.5. The van der Waals surface area contributed by atoms with Crippen molar-refractivity contribution in [3.63, 3.8) is 0 Å². The quantitative estimate of drug-likeness (QED) is 0.437. The number of nitrogens with two attached hydrogens (primary N) is 1. The van der Waals surface area contributed by atoms with Gasteiger partial charge >= 0.3 is 5.00 Å². The zero-order valence-corrected chi connectivity index (χ0v) is 11.9. The number of hydrogen-bond acceptors (Lipinski definition) is 9. The van der Waals surface area contributed by atoms with Gasteiger partial charge in [-0.3, -0.25) is 10.1 Å². The number of rotatable bonds is 4. The second kappa shape index (κ2) is 5.46. The maximum absolute atomic E-state index is 10.6. The molecule has 0 aliphatic heterocycles. The van der Waals surface area contributed by atoms with E-state index in [4.69, 9.17) is 5.73 Å². The van der Waals surface area contributed by atoms with Crippen LogP contribution in [0.3, 0.4) is 0 Å². The van der Waals surface area contributed by atoms with Gasteiger partial charge in [0.1, 0.15) is 6.20 Å². The van der Waals surface area contributed by atoms with Crippen molar-refractivity contribution in [2.24, 2.45) is 0 Å². The van der Waals surface area contributed by atoms with E-state index in [2.05, 4.69) is 20.5 Å². The third-order valence-electron chi connectivity index (χ3n) is 2.41. The number of hydrogen-bond donors (Lipinski definition) is 1. The smallest absolute Gasteiger partial charge is 0.344 e. The Bertz CT molecular complexity index is 783. The Kier molecular flexibility index (Phi) is 3.50. The van der Waals surface area contributed by atoms with Gasteiger partial charge in [0, 0.05) is 5.69 Å². The Morgan fingerprint density at radius 2 is 2.10 bits per heavy atom. The van der Waals surface area contributed by atoms with Gasteiger partial charge in [-0.1, -0.05) is 0 Å². The maximum atomic E-state index is 10.6. The lowest BCUT2D eigenvalue weighted by molar-refractivity contribution is -0.380. The zero-order chi connectivity index (χ0) is 14.8. The highest BCUT2D eigenvalue weighted by molar-refractivity contribution is 8.00. The monoisotopic (exact) mass is 321 g/mol. The summed E-state index contributed by atoms with van der Waals surface area (Å²) in [5.74, 6) is 0. The third-order valence-corrected chi connectivity index (χ3v) is 4.37. The van der Waals surface area contributed by atoms with Crippen molar-refractivity contribution < 1.29 is 4.92 Å². The van der Waals surface area contributed by atoms with Gasteiger partial charge in [-0.15, -0.1) is 5.10 Å². The van der Waals surface area contributed by atoms with Crippen molar-refractivity contribution in [2.45, 2.75) is 9.50 Å². The van der Waals surface area contributed by atoms with Crippen LogP contribution < -0.4 is 5.73 Å². The predicted octanol–water partition coefficient (Wildman–Crippen LogP) is 1.76. The summed E-state index contributed by atoms with van der Waals surface area (Å²) in [7, 11) is 0. The first-order valence-corrected chi connectivity index (χ1v) is 7.19. The molecule has 0 aliphatic carbocycles. The fraction of sp³-hybridized carbons (Fsp3) is 0. The number of thiazole rings is 1. The van der Waals surface area contributed by atoms with Crippen LogP contribution in [0.5, 0.6) is 0 Å². The van der Waals surface area contributed by atoms with E-state index in [1.54, 1.807) is 24.3 Å². The van der Waals surface area contributed by atoms with Crippen LogP contribution in [0.2, 0.25) is 0 Å². The summed E-state index contributed by atoms with van der Waals surface area (Å²) in [6.45, 7) is 0. The summed E-state index contributed by atoms with van der Waals surface area (Å²) < 4.78 is 2.00. The number of benzene rings is 1. The van der Waals surface area contributed by atoms with Crippen molar-refractivity contribution in [1.82, 2.24) is 25.2 Å². The lowest BCUT2D eigenvalue weighted by Gasteiger charge is -2.02. The molecule has 0 aliphatic rings. The van der Waals surface area contributed by atoms with Crippen LogP contribution in [0.25, 0.3) is 5.69 Å². The molecule has 1 aromatic carbocycles. The molecule has 11 heteroatoms. The van der Waals surface area contributed by atoms with E-state index in [9.17, 15) is 10.1 Å². The lowest BCUT2D eigenvalue weighted by Crippen LogP contribution is -1.99. The van der Waals surface area contributed by atoms with E-state index in [0.29, 0.717) is 15.2 Å². The average Bonchev–Trinajstić information content (AvgIpc) is 3.10. The third kappa shape index (κ3) is 2.83. The van der Waals surface area contributed by atoms with Gasteiger partial charge in [0.2, 0.25) is 5.16 Å². The minimum Gasteiger partial charge on any atom is -0.399 e. The fourth-order valence-corrected chi connectivity index (χ4v) is 3.16.